The SMILES string of the molecule is CCCC1OC(C(C)C)C(C)C(CCCC2OC(C(=O)OC)C(C3C4OC(CC)C5OC(O)C(OC(C)=O)C6C(C)C(C(=O)OC)C6CC5C43)C(OCc3ccccc3)C2OC)C1O. The van der Waals surface area contributed by atoms with E-state index in [1.807, 2.05) is 44.2 Å². The number of aliphatic hydroxyl groups excluding tert-OH is 2. The monoisotopic (exact) mass is 901 g/mol. The number of hydrogen-bond acceptors (Lipinski definition) is 14. The van der Waals surface area contributed by atoms with Gasteiger partial charge in [0.15, 0.2) is 18.5 Å². The van der Waals surface area contributed by atoms with E-state index in [4.69, 9.17) is 42.6 Å². The minimum atomic E-state index is -1.45. The molecule has 4 aliphatic heterocycles. The zero-order valence-corrected chi connectivity index (χ0v) is 39.6. The zero-order valence-electron chi connectivity index (χ0n) is 39.6. The Morgan fingerprint density at radius 3 is 2.09 bits per heavy atom. The smallest absolute Gasteiger partial charge is 0.335 e. The lowest BCUT2D eigenvalue weighted by atomic mass is 9.52. The van der Waals surface area contributed by atoms with Gasteiger partial charge in [-0.15, -0.1) is 0 Å². The van der Waals surface area contributed by atoms with Crippen LogP contribution in [0.3, 0.4) is 0 Å². The third-order valence-electron chi connectivity index (χ3n) is 16.3. The maximum Gasteiger partial charge on any atom is 0.335 e. The molecule has 64 heavy (non-hydrogen) atoms. The van der Waals surface area contributed by atoms with Crippen LogP contribution in [-0.4, -0.2) is 123 Å². The molecular weight excluding hydrogens is 825 g/mol. The number of benzene rings is 1. The minimum Gasteiger partial charge on any atom is -0.469 e. The van der Waals surface area contributed by atoms with E-state index in [1.165, 1.54) is 21.1 Å². The van der Waals surface area contributed by atoms with E-state index < -0.39 is 78.9 Å². The summed E-state index contributed by atoms with van der Waals surface area (Å²) >= 11 is 0. The van der Waals surface area contributed by atoms with Crippen molar-refractivity contribution in [3.05, 3.63) is 35.9 Å². The number of carbonyl (C=O) groups is 3. The van der Waals surface area contributed by atoms with Gasteiger partial charge in [-0.25, -0.2) is 4.79 Å². The van der Waals surface area contributed by atoms with Gasteiger partial charge in [-0.05, 0) is 85.0 Å². The Labute approximate surface area is 380 Å². The summed E-state index contributed by atoms with van der Waals surface area (Å²) in [6.07, 6.45) is -2.33. The van der Waals surface area contributed by atoms with Crippen molar-refractivity contribution in [1.82, 2.24) is 0 Å². The number of ether oxygens (including phenoxy) is 9. The van der Waals surface area contributed by atoms with Crippen molar-refractivity contribution in [2.75, 3.05) is 21.3 Å². The summed E-state index contributed by atoms with van der Waals surface area (Å²) in [5, 5.41) is 23.3. The van der Waals surface area contributed by atoms with Gasteiger partial charge in [0, 0.05) is 25.9 Å². The van der Waals surface area contributed by atoms with E-state index in [0.29, 0.717) is 25.2 Å². The first-order chi connectivity index (χ1) is 30.7. The third-order valence-corrected chi connectivity index (χ3v) is 16.3. The number of esters is 3. The molecule has 4 heterocycles. The van der Waals surface area contributed by atoms with E-state index in [1.54, 1.807) is 7.11 Å². The molecule has 4 saturated heterocycles. The molecule has 6 fully saturated rings. The van der Waals surface area contributed by atoms with Gasteiger partial charge in [0.25, 0.3) is 0 Å². The molecule has 7 rings (SSSR count). The standard InChI is InChI=1S/C50H76O14/c1-11-17-33-40(52)29(25(5)41(62-33)24(3)4)20-16-21-34-43(56-8)45(59-23-28-18-14-13-15-19-28)39(47(63-34)49(54)58-10)38-37-31-22-30-35(26(6)36(30)48(53)57-9)46(60-27(7)51)50(55)64-42(31)32(12-2)61-44(37)38/h13-15,18-19,24-26,29-47,50,52,55H,11-12,16-17,20-23H2,1-10H3. The fourth-order valence-electron chi connectivity index (χ4n) is 13.4. The molecule has 1 aromatic rings. The Hall–Kier alpha value is -2.69. The van der Waals surface area contributed by atoms with Gasteiger partial charge < -0.3 is 52.8 Å². The molecule has 14 heteroatoms. The van der Waals surface area contributed by atoms with Crippen LogP contribution in [0.5, 0.6) is 0 Å². The van der Waals surface area contributed by atoms with Gasteiger partial charge in [0.05, 0.1) is 75.6 Å². The lowest BCUT2D eigenvalue weighted by Crippen LogP contribution is -2.62. The van der Waals surface area contributed by atoms with Gasteiger partial charge in [0.1, 0.15) is 6.10 Å². The van der Waals surface area contributed by atoms with Gasteiger partial charge in [-0.3, -0.25) is 9.59 Å². The zero-order chi connectivity index (χ0) is 46.1. The molecule has 0 aromatic heterocycles. The van der Waals surface area contributed by atoms with Crippen LogP contribution in [0.1, 0.15) is 99.0 Å². The number of carbonyl (C=O) groups excluding carboxylic acids is 3. The molecule has 0 amide bonds. The Balaban J connectivity index is 1.20. The first-order valence-corrected chi connectivity index (χ1v) is 24.2. The number of fused-ring (bicyclic) bond motifs is 4. The van der Waals surface area contributed by atoms with Crippen molar-refractivity contribution in [3.8, 4) is 0 Å². The van der Waals surface area contributed by atoms with Crippen molar-refractivity contribution < 1.29 is 67.2 Å². The maximum atomic E-state index is 14.2. The molecular formula is C50H76O14. The summed E-state index contributed by atoms with van der Waals surface area (Å²) in [5.74, 6) is -3.34. The Kier molecular flexibility index (Phi) is 16.2. The summed E-state index contributed by atoms with van der Waals surface area (Å²) in [5.41, 5.74) is 0.969. The lowest BCUT2D eigenvalue weighted by Gasteiger charge is -2.56. The number of hydrogen-bond donors (Lipinski definition) is 2. The molecule has 2 N–H and O–H groups in total. The van der Waals surface area contributed by atoms with Crippen LogP contribution < -0.4 is 0 Å². The molecule has 22 atom stereocenters. The first kappa shape index (κ1) is 49.2. The second-order valence-corrected chi connectivity index (χ2v) is 20.1. The fourth-order valence-corrected chi connectivity index (χ4v) is 13.4. The largest absolute Gasteiger partial charge is 0.469 e. The molecule has 0 bridgehead atoms. The van der Waals surface area contributed by atoms with E-state index in [2.05, 4.69) is 27.7 Å². The molecule has 14 nitrogen and oxygen atoms in total. The second kappa shape index (κ2) is 21.1. The lowest BCUT2D eigenvalue weighted by molar-refractivity contribution is -0.287. The highest BCUT2D eigenvalue weighted by molar-refractivity contribution is 5.76. The molecule has 0 radical (unpaired) electrons. The maximum absolute atomic E-state index is 14.2. The summed E-state index contributed by atoms with van der Waals surface area (Å²) in [4.78, 5) is 39.9. The second-order valence-electron chi connectivity index (χ2n) is 20.1. The average molecular weight is 901 g/mol. The van der Waals surface area contributed by atoms with Crippen molar-refractivity contribution in [3.63, 3.8) is 0 Å². The Morgan fingerprint density at radius 2 is 1.47 bits per heavy atom. The van der Waals surface area contributed by atoms with E-state index in [-0.39, 0.29) is 78.2 Å². The van der Waals surface area contributed by atoms with E-state index >= 15 is 0 Å². The highest BCUT2D eigenvalue weighted by atomic mass is 16.7. The van der Waals surface area contributed by atoms with Gasteiger partial charge in [-0.2, -0.15) is 0 Å². The number of aliphatic hydroxyl groups is 2. The predicted octanol–water partition coefficient (Wildman–Crippen LogP) is 5.90. The third kappa shape index (κ3) is 9.55. The highest BCUT2D eigenvalue weighted by Gasteiger charge is 2.71. The molecule has 1 aromatic carbocycles. The van der Waals surface area contributed by atoms with Crippen molar-refractivity contribution in [1.29, 1.82) is 0 Å². The Morgan fingerprint density at radius 1 is 0.750 bits per heavy atom. The molecule has 6 aliphatic rings. The summed E-state index contributed by atoms with van der Waals surface area (Å²) < 4.78 is 56.8. The number of methoxy groups -OCH3 is 3. The fraction of sp³-hybridized carbons (Fsp3) is 0.820. The van der Waals surface area contributed by atoms with Gasteiger partial charge >= 0.3 is 17.9 Å². The first-order valence-electron chi connectivity index (χ1n) is 24.2. The predicted molar refractivity (Wildman–Crippen MR) is 233 cm³/mol. The van der Waals surface area contributed by atoms with Crippen LogP contribution in [-0.2, 0) is 63.6 Å². The van der Waals surface area contributed by atoms with Crippen molar-refractivity contribution >= 4 is 17.9 Å². The molecule has 22 unspecified atom stereocenters. The van der Waals surface area contributed by atoms with Crippen LogP contribution in [0.2, 0.25) is 0 Å². The number of rotatable bonds is 16. The summed E-state index contributed by atoms with van der Waals surface area (Å²) in [6, 6.07) is 9.90. The van der Waals surface area contributed by atoms with Crippen molar-refractivity contribution in [2.45, 2.75) is 173 Å². The van der Waals surface area contributed by atoms with Crippen LogP contribution in [0.4, 0.5) is 0 Å². The Bertz CT molecular complexity index is 1710. The average Bonchev–Trinajstić information content (AvgIpc) is 3.99. The van der Waals surface area contributed by atoms with E-state index in [9.17, 15) is 24.6 Å². The topological polar surface area (TPSA) is 175 Å². The van der Waals surface area contributed by atoms with E-state index in [0.717, 1.165) is 31.2 Å². The highest BCUT2D eigenvalue weighted by Crippen LogP contribution is 2.64. The molecule has 0 spiro atoms. The quantitative estimate of drug-likeness (QED) is 0.148. The normalized spacial score (nSPS) is 43.9. The molecule has 360 valence electrons. The summed E-state index contributed by atoms with van der Waals surface area (Å²) in [6.45, 7) is 14.2. The van der Waals surface area contributed by atoms with Crippen LogP contribution in [0, 0.1) is 65.1 Å². The van der Waals surface area contributed by atoms with Crippen LogP contribution in [0.15, 0.2) is 30.3 Å². The van der Waals surface area contributed by atoms with Crippen LogP contribution in [0.25, 0.3) is 0 Å². The molecule has 2 aliphatic carbocycles. The van der Waals surface area contributed by atoms with Crippen LogP contribution >= 0.6 is 0 Å². The minimum absolute atomic E-state index is 0.0357. The summed E-state index contributed by atoms with van der Waals surface area (Å²) in [7, 11) is 4.42. The van der Waals surface area contributed by atoms with Gasteiger partial charge in [-0.1, -0.05) is 84.7 Å². The molecule has 2 saturated carbocycles. The van der Waals surface area contributed by atoms with Gasteiger partial charge in [0.2, 0.25) is 0 Å². The van der Waals surface area contributed by atoms with Crippen molar-refractivity contribution in [2.24, 2.45) is 65.1 Å².